The van der Waals surface area contributed by atoms with Crippen molar-refractivity contribution in [2.75, 3.05) is 19.7 Å². The van der Waals surface area contributed by atoms with Crippen molar-refractivity contribution in [3.63, 3.8) is 0 Å². The predicted octanol–water partition coefficient (Wildman–Crippen LogP) is 7.13. The highest BCUT2D eigenvalue weighted by Crippen LogP contribution is 2.10. The largest absolute Gasteiger partial charge is 0.299 e. The lowest BCUT2D eigenvalue weighted by atomic mass is 10.1. The van der Waals surface area contributed by atoms with E-state index in [0.717, 1.165) is 19.7 Å². The molecule has 0 fully saturated rings. The average molecular weight is 328 g/mol. The van der Waals surface area contributed by atoms with Gasteiger partial charge in [0.15, 0.2) is 0 Å². The molecule has 0 unspecified atom stereocenters. The second-order valence-corrected chi connectivity index (χ2v) is 7.00. The number of hydrogen-bond acceptors (Lipinski definition) is 2. The number of hydrogen-bond donors (Lipinski definition) is 0. The van der Waals surface area contributed by atoms with E-state index >= 15 is 0 Å². The molecule has 23 heavy (non-hydrogen) atoms. The first-order valence-corrected chi connectivity index (χ1v) is 10.7. The minimum Gasteiger partial charge on any atom is -0.299 e. The van der Waals surface area contributed by atoms with Crippen LogP contribution in [0.3, 0.4) is 0 Å². The molecule has 0 atom stereocenters. The molecule has 0 spiro atoms. The zero-order valence-electron chi connectivity index (χ0n) is 16.6. The third-order valence-electron chi connectivity index (χ3n) is 4.51. The van der Waals surface area contributed by atoms with Crippen molar-refractivity contribution in [3.8, 4) is 0 Å². The fourth-order valence-electron chi connectivity index (χ4n) is 2.99. The van der Waals surface area contributed by atoms with E-state index in [1.165, 1.54) is 96.3 Å². The highest BCUT2D eigenvalue weighted by Gasteiger charge is 2.04. The summed E-state index contributed by atoms with van der Waals surface area (Å²) in [5.41, 5.74) is 0. The van der Waals surface area contributed by atoms with Gasteiger partial charge < -0.3 is 0 Å². The van der Waals surface area contributed by atoms with Crippen LogP contribution in [-0.2, 0) is 4.84 Å². The van der Waals surface area contributed by atoms with Crippen molar-refractivity contribution in [2.45, 2.75) is 117 Å². The first kappa shape index (κ1) is 22.9. The summed E-state index contributed by atoms with van der Waals surface area (Å²) in [5, 5.41) is 2.22. The molecule has 0 bridgehead atoms. The number of unbranched alkanes of at least 4 members (excludes halogenated alkanes) is 12. The first-order chi connectivity index (χ1) is 11.3. The Morgan fingerprint density at radius 3 is 1.48 bits per heavy atom. The Balaban J connectivity index is 3.42. The van der Waals surface area contributed by atoms with Crippen LogP contribution < -0.4 is 0 Å². The molecule has 0 aromatic heterocycles. The molecule has 0 rings (SSSR count). The molecule has 0 aliphatic heterocycles. The third-order valence-corrected chi connectivity index (χ3v) is 4.51. The highest BCUT2D eigenvalue weighted by atomic mass is 16.7. The van der Waals surface area contributed by atoms with Gasteiger partial charge in [0.2, 0.25) is 0 Å². The summed E-state index contributed by atoms with van der Waals surface area (Å²) in [4.78, 5) is 5.99. The van der Waals surface area contributed by atoms with Gasteiger partial charge >= 0.3 is 0 Å². The van der Waals surface area contributed by atoms with E-state index in [-0.39, 0.29) is 0 Å². The Morgan fingerprint density at radius 2 is 0.957 bits per heavy atom. The topological polar surface area (TPSA) is 12.5 Å². The maximum absolute atomic E-state index is 5.99. The fraction of sp³-hybridized carbons (Fsp3) is 1.00. The van der Waals surface area contributed by atoms with Gasteiger partial charge in [0.25, 0.3) is 0 Å². The van der Waals surface area contributed by atoms with Gasteiger partial charge in [0, 0.05) is 13.1 Å². The van der Waals surface area contributed by atoms with E-state index in [1.807, 2.05) is 0 Å². The maximum atomic E-state index is 5.99. The summed E-state index contributed by atoms with van der Waals surface area (Å²) in [5.74, 6) is 0. The summed E-state index contributed by atoms with van der Waals surface area (Å²) >= 11 is 0. The van der Waals surface area contributed by atoms with E-state index in [0.29, 0.717) is 0 Å². The molecule has 0 N–H and O–H groups in total. The standard InChI is InChI=1S/C21H45NO/c1-4-7-9-11-13-14-16-18-21-23-22(19-6-3)20-17-15-12-10-8-5-2/h4-21H2,1-3H3. The smallest absolute Gasteiger partial charge is 0.0685 e. The van der Waals surface area contributed by atoms with E-state index in [9.17, 15) is 0 Å². The molecular weight excluding hydrogens is 282 g/mol. The van der Waals surface area contributed by atoms with Gasteiger partial charge in [-0.15, -0.1) is 0 Å². The van der Waals surface area contributed by atoms with Gasteiger partial charge in [-0.25, -0.2) is 0 Å². The van der Waals surface area contributed by atoms with Crippen LogP contribution in [0.25, 0.3) is 0 Å². The Morgan fingerprint density at radius 1 is 0.478 bits per heavy atom. The van der Waals surface area contributed by atoms with Gasteiger partial charge in [0.1, 0.15) is 0 Å². The van der Waals surface area contributed by atoms with Crippen molar-refractivity contribution in [1.29, 1.82) is 0 Å². The van der Waals surface area contributed by atoms with Gasteiger partial charge in [-0.3, -0.25) is 4.84 Å². The lowest BCUT2D eigenvalue weighted by molar-refractivity contribution is -0.160. The van der Waals surface area contributed by atoms with Crippen LogP contribution in [0.1, 0.15) is 117 Å². The van der Waals surface area contributed by atoms with Crippen molar-refractivity contribution in [2.24, 2.45) is 0 Å². The minimum atomic E-state index is 0.921. The van der Waals surface area contributed by atoms with Crippen LogP contribution in [0.15, 0.2) is 0 Å². The van der Waals surface area contributed by atoms with Crippen molar-refractivity contribution < 1.29 is 4.84 Å². The molecule has 0 heterocycles. The molecule has 0 aliphatic rings. The summed E-state index contributed by atoms with van der Waals surface area (Å²) in [7, 11) is 0. The number of rotatable bonds is 19. The van der Waals surface area contributed by atoms with Crippen LogP contribution in [0.2, 0.25) is 0 Å². The molecule has 0 radical (unpaired) electrons. The Labute approximate surface area is 147 Å². The molecule has 140 valence electrons. The van der Waals surface area contributed by atoms with Gasteiger partial charge in [-0.05, 0) is 19.3 Å². The maximum Gasteiger partial charge on any atom is 0.0685 e. The van der Waals surface area contributed by atoms with Gasteiger partial charge in [-0.1, -0.05) is 97.8 Å². The van der Waals surface area contributed by atoms with Crippen LogP contribution >= 0.6 is 0 Å². The van der Waals surface area contributed by atoms with Crippen molar-refractivity contribution in [3.05, 3.63) is 0 Å². The van der Waals surface area contributed by atoms with E-state index in [1.54, 1.807) is 0 Å². The van der Waals surface area contributed by atoms with E-state index in [2.05, 4.69) is 25.8 Å². The molecule has 0 aromatic carbocycles. The highest BCUT2D eigenvalue weighted by molar-refractivity contribution is 4.50. The summed E-state index contributed by atoms with van der Waals surface area (Å²) < 4.78 is 0. The quantitative estimate of drug-likeness (QED) is 0.185. The Kier molecular flexibility index (Phi) is 19.9. The lowest BCUT2D eigenvalue weighted by Gasteiger charge is -2.21. The monoisotopic (exact) mass is 327 g/mol. The summed E-state index contributed by atoms with van der Waals surface area (Å²) in [6, 6.07) is 0. The second kappa shape index (κ2) is 20.0. The molecule has 0 saturated heterocycles. The zero-order chi connectivity index (χ0) is 17.0. The molecular formula is C21H45NO. The third kappa shape index (κ3) is 18.1. The molecule has 0 amide bonds. The Hall–Kier alpha value is -0.0800. The second-order valence-electron chi connectivity index (χ2n) is 7.00. The minimum absolute atomic E-state index is 0.921. The average Bonchev–Trinajstić information content (AvgIpc) is 2.56. The van der Waals surface area contributed by atoms with Crippen molar-refractivity contribution >= 4 is 0 Å². The van der Waals surface area contributed by atoms with E-state index < -0.39 is 0 Å². The zero-order valence-corrected chi connectivity index (χ0v) is 16.6. The lowest BCUT2D eigenvalue weighted by Crippen LogP contribution is -2.26. The normalized spacial score (nSPS) is 11.5. The fourth-order valence-corrected chi connectivity index (χ4v) is 2.99. The number of hydroxylamine groups is 2. The van der Waals surface area contributed by atoms with Crippen molar-refractivity contribution in [1.82, 2.24) is 5.06 Å². The predicted molar refractivity (Wildman–Crippen MR) is 104 cm³/mol. The van der Waals surface area contributed by atoms with E-state index in [4.69, 9.17) is 4.84 Å². The summed E-state index contributed by atoms with van der Waals surface area (Å²) in [6.07, 6.45) is 20.3. The Bertz CT molecular complexity index is 208. The van der Waals surface area contributed by atoms with Crippen LogP contribution in [0.5, 0.6) is 0 Å². The van der Waals surface area contributed by atoms with Crippen LogP contribution in [0.4, 0.5) is 0 Å². The first-order valence-electron chi connectivity index (χ1n) is 10.7. The molecule has 2 heteroatoms. The molecule has 0 saturated carbocycles. The van der Waals surface area contributed by atoms with Gasteiger partial charge in [0.05, 0.1) is 6.61 Å². The van der Waals surface area contributed by atoms with Gasteiger partial charge in [-0.2, -0.15) is 5.06 Å². The molecule has 0 aliphatic carbocycles. The molecule has 2 nitrogen and oxygen atoms in total. The number of nitrogens with zero attached hydrogens (tertiary/aromatic N) is 1. The molecule has 0 aromatic rings. The SMILES string of the molecule is CCCCCCCCCCON(CCC)CCCCCCCC. The summed E-state index contributed by atoms with van der Waals surface area (Å²) in [6.45, 7) is 9.94. The van der Waals surface area contributed by atoms with Crippen LogP contribution in [0, 0.1) is 0 Å². The van der Waals surface area contributed by atoms with Crippen LogP contribution in [-0.4, -0.2) is 24.8 Å².